The van der Waals surface area contributed by atoms with E-state index in [0.29, 0.717) is 36.7 Å². The van der Waals surface area contributed by atoms with Gasteiger partial charge in [0.1, 0.15) is 11.5 Å². The van der Waals surface area contributed by atoms with Gasteiger partial charge in [-0.15, -0.1) is 0 Å². The zero-order valence-corrected chi connectivity index (χ0v) is 16.8. The molecule has 0 saturated heterocycles. The largest absolute Gasteiger partial charge is 0.497 e. The van der Waals surface area contributed by atoms with E-state index in [1.54, 1.807) is 38.3 Å². The number of methoxy groups -OCH3 is 1. The fourth-order valence-electron chi connectivity index (χ4n) is 3.05. The summed E-state index contributed by atoms with van der Waals surface area (Å²) in [5, 5.41) is 2.80. The molecule has 0 unspecified atom stereocenters. The first-order chi connectivity index (χ1) is 13.4. The van der Waals surface area contributed by atoms with Gasteiger partial charge in [-0.1, -0.05) is 6.07 Å². The summed E-state index contributed by atoms with van der Waals surface area (Å²) in [4.78, 5) is 12.2. The highest BCUT2D eigenvalue weighted by atomic mass is 32.2. The van der Waals surface area contributed by atoms with Crippen LogP contribution in [0.1, 0.15) is 18.1 Å². The third kappa shape index (κ3) is 4.82. The number of carbonyl (C=O) groups is 1. The zero-order valence-electron chi connectivity index (χ0n) is 16.0. The highest BCUT2D eigenvalue weighted by molar-refractivity contribution is 7.89. The molecule has 0 aromatic heterocycles. The maximum Gasteiger partial charge on any atom is 0.262 e. The van der Waals surface area contributed by atoms with Gasteiger partial charge in [0.05, 0.1) is 12.9 Å². The molecule has 0 atom stereocenters. The molecule has 8 heteroatoms. The van der Waals surface area contributed by atoms with Crippen molar-refractivity contribution in [2.45, 2.75) is 19.9 Å². The number of fused-ring (bicyclic) bond motifs is 1. The number of anilines is 1. The van der Waals surface area contributed by atoms with E-state index < -0.39 is 10.0 Å². The number of sulfonamides is 1. The Balaban J connectivity index is 1.60. The Kier molecular flexibility index (Phi) is 6.21. The summed E-state index contributed by atoms with van der Waals surface area (Å²) in [6, 6.07) is 12.6. The van der Waals surface area contributed by atoms with Crippen LogP contribution in [0.2, 0.25) is 0 Å². The van der Waals surface area contributed by atoms with Crippen molar-refractivity contribution in [2.75, 3.05) is 31.3 Å². The van der Waals surface area contributed by atoms with Gasteiger partial charge in [0.2, 0.25) is 10.0 Å². The lowest BCUT2D eigenvalue weighted by molar-refractivity contribution is -0.118. The van der Waals surface area contributed by atoms with Crippen molar-refractivity contribution in [1.82, 2.24) is 4.31 Å². The summed E-state index contributed by atoms with van der Waals surface area (Å²) >= 11 is 0. The number of benzene rings is 2. The van der Waals surface area contributed by atoms with Crippen molar-refractivity contribution < 1.29 is 22.7 Å². The Morgan fingerprint density at radius 2 is 1.82 bits per heavy atom. The minimum absolute atomic E-state index is 0.0848. The summed E-state index contributed by atoms with van der Waals surface area (Å²) in [5.41, 5.74) is 2.64. The molecule has 0 aliphatic carbocycles. The first kappa shape index (κ1) is 20.2. The maximum absolute atomic E-state index is 12.2. The van der Waals surface area contributed by atoms with Crippen LogP contribution in [-0.4, -0.2) is 44.6 Å². The van der Waals surface area contributed by atoms with Crippen molar-refractivity contribution in [3.63, 3.8) is 0 Å². The molecule has 7 nitrogen and oxygen atoms in total. The monoisotopic (exact) mass is 404 g/mol. The van der Waals surface area contributed by atoms with Crippen LogP contribution in [-0.2, 0) is 27.8 Å². The normalized spacial score (nSPS) is 14.2. The Hall–Kier alpha value is -2.58. The van der Waals surface area contributed by atoms with Gasteiger partial charge in [-0.25, -0.2) is 8.42 Å². The van der Waals surface area contributed by atoms with Crippen molar-refractivity contribution in [1.29, 1.82) is 0 Å². The second-order valence-electron chi connectivity index (χ2n) is 6.48. The van der Waals surface area contributed by atoms with Gasteiger partial charge in [-0.05, 0) is 60.9 Å². The average Bonchev–Trinajstić information content (AvgIpc) is 2.72. The van der Waals surface area contributed by atoms with E-state index in [1.165, 1.54) is 4.31 Å². The molecule has 1 heterocycles. The molecule has 150 valence electrons. The third-order valence-corrected chi connectivity index (χ3v) is 6.48. The number of nitrogens with zero attached hydrogens (tertiary/aromatic N) is 1. The van der Waals surface area contributed by atoms with E-state index in [0.717, 1.165) is 11.1 Å². The smallest absolute Gasteiger partial charge is 0.262 e. The zero-order chi connectivity index (χ0) is 20.1. The van der Waals surface area contributed by atoms with E-state index in [-0.39, 0.29) is 18.3 Å². The van der Waals surface area contributed by atoms with Gasteiger partial charge in [0.15, 0.2) is 6.61 Å². The molecule has 0 spiro atoms. The number of hydrogen-bond donors (Lipinski definition) is 1. The highest BCUT2D eigenvalue weighted by Crippen LogP contribution is 2.24. The number of carbonyl (C=O) groups excluding carboxylic acids is 1. The van der Waals surface area contributed by atoms with Crippen LogP contribution in [0.15, 0.2) is 42.5 Å². The van der Waals surface area contributed by atoms with Gasteiger partial charge in [-0.2, -0.15) is 4.31 Å². The lowest BCUT2D eigenvalue weighted by Gasteiger charge is -2.28. The molecule has 0 fully saturated rings. The fourth-order valence-corrected chi connectivity index (χ4v) is 4.12. The predicted molar refractivity (Wildman–Crippen MR) is 107 cm³/mol. The van der Waals surface area contributed by atoms with E-state index in [4.69, 9.17) is 9.47 Å². The number of rotatable bonds is 7. The second-order valence-corrected chi connectivity index (χ2v) is 8.74. The van der Waals surface area contributed by atoms with Crippen molar-refractivity contribution in [2.24, 2.45) is 0 Å². The predicted octanol–water partition coefficient (Wildman–Crippen LogP) is 2.42. The van der Waals surface area contributed by atoms with Crippen LogP contribution in [0.25, 0.3) is 0 Å². The Bertz CT molecular complexity index is 942. The standard InChI is InChI=1S/C20H24N2O5S/c1-3-28(24,25)22-11-10-15-4-5-17(12-16(15)13-22)21-20(23)14-27-19-8-6-18(26-2)7-9-19/h4-9,12H,3,10-11,13-14H2,1-2H3,(H,21,23). The number of nitrogens with one attached hydrogen (secondary N) is 1. The molecule has 1 N–H and O–H groups in total. The van der Waals surface area contributed by atoms with Gasteiger partial charge < -0.3 is 14.8 Å². The molecule has 0 saturated carbocycles. The molecule has 2 aromatic carbocycles. The van der Waals surface area contributed by atoms with E-state index in [9.17, 15) is 13.2 Å². The van der Waals surface area contributed by atoms with Crippen molar-refractivity contribution >= 4 is 21.6 Å². The summed E-state index contributed by atoms with van der Waals surface area (Å²) in [6.07, 6.45) is 0.670. The van der Waals surface area contributed by atoms with E-state index >= 15 is 0 Å². The van der Waals surface area contributed by atoms with Crippen LogP contribution in [0.4, 0.5) is 5.69 Å². The number of ether oxygens (including phenoxy) is 2. The summed E-state index contributed by atoms with van der Waals surface area (Å²) < 4.78 is 36.3. The SMILES string of the molecule is CCS(=O)(=O)N1CCc2ccc(NC(=O)COc3ccc(OC)cc3)cc2C1. The van der Waals surface area contributed by atoms with Crippen LogP contribution in [0.3, 0.4) is 0 Å². The molecule has 1 aliphatic rings. The molecule has 0 radical (unpaired) electrons. The van der Waals surface area contributed by atoms with Gasteiger partial charge in [0, 0.05) is 18.8 Å². The lowest BCUT2D eigenvalue weighted by atomic mass is 10.0. The molecular weight excluding hydrogens is 380 g/mol. The summed E-state index contributed by atoms with van der Waals surface area (Å²) in [5.74, 6) is 1.08. The molecular formula is C20H24N2O5S. The number of hydrogen-bond acceptors (Lipinski definition) is 5. The average molecular weight is 404 g/mol. The molecule has 1 amide bonds. The summed E-state index contributed by atoms with van der Waals surface area (Å²) in [6.45, 7) is 2.34. The van der Waals surface area contributed by atoms with Gasteiger partial charge in [0.25, 0.3) is 5.91 Å². The molecule has 28 heavy (non-hydrogen) atoms. The first-order valence-electron chi connectivity index (χ1n) is 9.07. The Morgan fingerprint density at radius 3 is 2.50 bits per heavy atom. The van der Waals surface area contributed by atoms with E-state index in [2.05, 4.69) is 5.32 Å². The van der Waals surface area contributed by atoms with Crippen LogP contribution >= 0.6 is 0 Å². The van der Waals surface area contributed by atoms with Crippen LogP contribution in [0, 0.1) is 0 Å². The number of amides is 1. The topological polar surface area (TPSA) is 84.9 Å². The third-order valence-electron chi connectivity index (χ3n) is 4.65. The molecule has 1 aliphatic heterocycles. The fraction of sp³-hybridized carbons (Fsp3) is 0.350. The quantitative estimate of drug-likeness (QED) is 0.766. The van der Waals surface area contributed by atoms with Crippen LogP contribution < -0.4 is 14.8 Å². The van der Waals surface area contributed by atoms with Gasteiger partial charge >= 0.3 is 0 Å². The van der Waals surface area contributed by atoms with Crippen molar-refractivity contribution in [3.05, 3.63) is 53.6 Å². The minimum atomic E-state index is -3.23. The van der Waals surface area contributed by atoms with Crippen molar-refractivity contribution in [3.8, 4) is 11.5 Å². The second kappa shape index (κ2) is 8.62. The Labute approximate surface area is 165 Å². The van der Waals surface area contributed by atoms with Gasteiger partial charge in [-0.3, -0.25) is 4.79 Å². The summed E-state index contributed by atoms with van der Waals surface area (Å²) in [7, 11) is -1.65. The lowest BCUT2D eigenvalue weighted by Crippen LogP contribution is -2.36. The Morgan fingerprint density at radius 1 is 1.11 bits per heavy atom. The van der Waals surface area contributed by atoms with E-state index in [1.807, 2.05) is 18.2 Å². The first-order valence-corrected chi connectivity index (χ1v) is 10.7. The molecule has 3 rings (SSSR count). The minimum Gasteiger partial charge on any atom is -0.497 e. The highest BCUT2D eigenvalue weighted by Gasteiger charge is 2.25. The maximum atomic E-state index is 12.2. The molecule has 2 aromatic rings. The molecule has 0 bridgehead atoms. The van der Waals surface area contributed by atoms with Crippen LogP contribution in [0.5, 0.6) is 11.5 Å².